The number of likely N-dealkylation sites (tertiary alicyclic amines) is 1. The first-order chi connectivity index (χ1) is 10.1. The molecule has 2 N–H and O–H groups in total. The van der Waals surface area contributed by atoms with Crippen LogP contribution in [0.1, 0.15) is 23.3 Å². The van der Waals surface area contributed by atoms with Crippen LogP contribution in [0.5, 0.6) is 0 Å². The molecule has 2 aromatic rings. The molecule has 6 heteroatoms. The predicted octanol–water partition coefficient (Wildman–Crippen LogP) is 1.22. The van der Waals surface area contributed by atoms with Gasteiger partial charge in [-0.1, -0.05) is 18.2 Å². The molecule has 1 amide bonds. The van der Waals surface area contributed by atoms with Crippen LogP contribution in [0.25, 0.3) is 10.8 Å². The second kappa shape index (κ2) is 5.05. The summed E-state index contributed by atoms with van der Waals surface area (Å²) in [5, 5.41) is 10.3. The van der Waals surface area contributed by atoms with Crippen molar-refractivity contribution in [3.8, 4) is 0 Å². The molecular formula is C15H14N2O4. The van der Waals surface area contributed by atoms with Crippen molar-refractivity contribution in [2.45, 2.75) is 18.9 Å². The fourth-order valence-corrected chi connectivity index (χ4v) is 2.75. The number of nitrogens with one attached hydrogen (secondary N) is 1. The normalized spacial score (nSPS) is 18.1. The molecule has 0 bridgehead atoms. The van der Waals surface area contributed by atoms with Crippen molar-refractivity contribution in [2.24, 2.45) is 0 Å². The maximum absolute atomic E-state index is 12.5. The first-order valence-electron chi connectivity index (χ1n) is 6.74. The number of aromatic nitrogens is 1. The number of carbonyl (C=O) groups excluding carboxylic acids is 1. The van der Waals surface area contributed by atoms with Crippen molar-refractivity contribution >= 4 is 22.6 Å². The highest BCUT2D eigenvalue weighted by Crippen LogP contribution is 2.20. The molecular weight excluding hydrogens is 272 g/mol. The zero-order valence-corrected chi connectivity index (χ0v) is 11.2. The Morgan fingerprint density at radius 2 is 2.05 bits per heavy atom. The van der Waals surface area contributed by atoms with Gasteiger partial charge in [-0.2, -0.15) is 0 Å². The van der Waals surface area contributed by atoms with Crippen LogP contribution in [0.4, 0.5) is 0 Å². The van der Waals surface area contributed by atoms with Crippen LogP contribution >= 0.6 is 0 Å². The standard InChI is InChI=1S/C15H14N2O4/c18-13-10-5-2-1-4-9(10)8-11(16-13)14(19)17-7-3-6-12(17)15(20)21/h1-2,4-5,8,12H,3,6-7H2,(H,16,18)(H,20,21). The van der Waals surface area contributed by atoms with E-state index in [1.165, 1.54) is 4.90 Å². The number of rotatable bonds is 2. The number of benzene rings is 1. The number of hydrogen-bond acceptors (Lipinski definition) is 3. The quantitative estimate of drug-likeness (QED) is 0.868. The molecule has 108 valence electrons. The van der Waals surface area contributed by atoms with Gasteiger partial charge in [-0.05, 0) is 30.4 Å². The van der Waals surface area contributed by atoms with Gasteiger partial charge in [0.15, 0.2) is 0 Å². The predicted molar refractivity (Wildman–Crippen MR) is 76.3 cm³/mol. The number of carboxylic acids is 1. The van der Waals surface area contributed by atoms with Crippen molar-refractivity contribution < 1.29 is 14.7 Å². The first-order valence-corrected chi connectivity index (χ1v) is 6.74. The van der Waals surface area contributed by atoms with Crippen molar-refractivity contribution in [3.05, 3.63) is 46.4 Å². The van der Waals surface area contributed by atoms with E-state index >= 15 is 0 Å². The SMILES string of the molecule is O=C(O)C1CCCN1C(=O)c1cc2ccccc2c(=O)[nH]1. The molecule has 21 heavy (non-hydrogen) atoms. The van der Waals surface area contributed by atoms with Crippen molar-refractivity contribution in [1.29, 1.82) is 0 Å². The second-order valence-electron chi connectivity index (χ2n) is 5.09. The zero-order valence-electron chi connectivity index (χ0n) is 11.2. The summed E-state index contributed by atoms with van der Waals surface area (Å²) < 4.78 is 0. The number of aromatic amines is 1. The Labute approximate surface area is 120 Å². The van der Waals surface area contributed by atoms with E-state index in [1.807, 2.05) is 0 Å². The molecule has 1 saturated heterocycles. The van der Waals surface area contributed by atoms with E-state index in [0.717, 1.165) is 0 Å². The highest BCUT2D eigenvalue weighted by Gasteiger charge is 2.34. The molecule has 1 aliphatic rings. The van der Waals surface area contributed by atoms with Crippen LogP contribution in [0.15, 0.2) is 35.1 Å². The highest BCUT2D eigenvalue weighted by atomic mass is 16.4. The Kier molecular flexibility index (Phi) is 3.21. The van der Waals surface area contributed by atoms with Crippen LogP contribution in [-0.4, -0.2) is 39.5 Å². The summed E-state index contributed by atoms with van der Waals surface area (Å²) in [5.41, 5.74) is -0.214. The molecule has 1 fully saturated rings. The summed E-state index contributed by atoms with van der Waals surface area (Å²) in [5.74, 6) is -1.45. The minimum Gasteiger partial charge on any atom is -0.480 e. The maximum Gasteiger partial charge on any atom is 0.326 e. The molecule has 6 nitrogen and oxygen atoms in total. The minimum absolute atomic E-state index is 0.131. The summed E-state index contributed by atoms with van der Waals surface area (Å²) in [6, 6.07) is 7.74. The third-order valence-corrected chi connectivity index (χ3v) is 3.78. The number of pyridine rings is 1. The van der Waals surface area contributed by atoms with Crippen molar-refractivity contribution in [3.63, 3.8) is 0 Å². The molecule has 2 heterocycles. The number of hydrogen-bond donors (Lipinski definition) is 2. The van der Waals surface area contributed by atoms with E-state index in [0.29, 0.717) is 30.2 Å². The zero-order chi connectivity index (χ0) is 15.0. The lowest BCUT2D eigenvalue weighted by Crippen LogP contribution is -2.41. The Hall–Kier alpha value is -2.63. The minimum atomic E-state index is -1.01. The van der Waals surface area contributed by atoms with Gasteiger partial charge in [0, 0.05) is 11.9 Å². The highest BCUT2D eigenvalue weighted by molar-refractivity contribution is 5.98. The van der Waals surface area contributed by atoms with Crippen LogP contribution < -0.4 is 5.56 Å². The summed E-state index contributed by atoms with van der Waals surface area (Å²) >= 11 is 0. The maximum atomic E-state index is 12.5. The molecule has 1 aliphatic heterocycles. The monoisotopic (exact) mass is 286 g/mol. The fraction of sp³-hybridized carbons (Fsp3) is 0.267. The van der Waals surface area contributed by atoms with Gasteiger partial charge >= 0.3 is 5.97 Å². The number of nitrogens with zero attached hydrogens (tertiary/aromatic N) is 1. The van der Waals surface area contributed by atoms with Crippen LogP contribution in [0.3, 0.4) is 0 Å². The van der Waals surface area contributed by atoms with E-state index in [-0.39, 0.29) is 11.3 Å². The number of carboxylic acid groups (broad SMARTS) is 1. The third kappa shape index (κ3) is 2.29. The number of carbonyl (C=O) groups is 2. The van der Waals surface area contributed by atoms with Gasteiger partial charge in [-0.25, -0.2) is 4.79 Å². The average Bonchev–Trinajstić information content (AvgIpc) is 2.96. The Bertz CT molecular complexity index is 781. The van der Waals surface area contributed by atoms with E-state index in [9.17, 15) is 14.4 Å². The van der Waals surface area contributed by atoms with Gasteiger partial charge in [-0.15, -0.1) is 0 Å². The molecule has 1 aromatic carbocycles. The van der Waals surface area contributed by atoms with Crippen LogP contribution in [0, 0.1) is 0 Å². The molecule has 0 radical (unpaired) electrons. The topological polar surface area (TPSA) is 90.5 Å². The van der Waals surface area contributed by atoms with Crippen LogP contribution in [-0.2, 0) is 4.79 Å². The Morgan fingerprint density at radius 1 is 1.29 bits per heavy atom. The molecule has 0 saturated carbocycles. The summed E-state index contributed by atoms with van der Waals surface area (Å²) in [4.78, 5) is 39.5. The lowest BCUT2D eigenvalue weighted by atomic mass is 10.1. The van der Waals surface area contributed by atoms with Gasteiger partial charge in [-0.3, -0.25) is 9.59 Å². The second-order valence-corrected chi connectivity index (χ2v) is 5.09. The number of amides is 1. The first kappa shape index (κ1) is 13.4. The van der Waals surface area contributed by atoms with Gasteiger partial charge < -0.3 is 15.0 Å². The lowest BCUT2D eigenvalue weighted by molar-refractivity contribution is -0.141. The van der Waals surface area contributed by atoms with E-state index < -0.39 is 17.9 Å². The lowest BCUT2D eigenvalue weighted by Gasteiger charge is -2.21. The molecule has 1 aromatic heterocycles. The van der Waals surface area contributed by atoms with Gasteiger partial charge in [0.05, 0.1) is 0 Å². The van der Waals surface area contributed by atoms with E-state index in [2.05, 4.69) is 4.98 Å². The number of H-pyrrole nitrogens is 1. The summed E-state index contributed by atoms with van der Waals surface area (Å²) in [6.07, 6.45) is 1.10. The number of aliphatic carboxylic acids is 1. The van der Waals surface area contributed by atoms with E-state index in [4.69, 9.17) is 5.11 Å². The van der Waals surface area contributed by atoms with Crippen molar-refractivity contribution in [1.82, 2.24) is 9.88 Å². The van der Waals surface area contributed by atoms with Crippen molar-refractivity contribution in [2.75, 3.05) is 6.54 Å². The van der Waals surface area contributed by atoms with Gasteiger partial charge in [0.1, 0.15) is 11.7 Å². The van der Waals surface area contributed by atoms with E-state index in [1.54, 1.807) is 30.3 Å². The molecule has 3 rings (SSSR count). The summed E-state index contributed by atoms with van der Waals surface area (Å²) in [7, 11) is 0. The third-order valence-electron chi connectivity index (χ3n) is 3.78. The largest absolute Gasteiger partial charge is 0.480 e. The fourth-order valence-electron chi connectivity index (χ4n) is 2.75. The molecule has 0 spiro atoms. The Balaban J connectivity index is 2.02. The smallest absolute Gasteiger partial charge is 0.326 e. The number of fused-ring (bicyclic) bond motifs is 1. The summed E-state index contributed by atoms with van der Waals surface area (Å²) in [6.45, 7) is 0.394. The molecule has 1 unspecified atom stereocenters. The molecule has 1 atom stereocenters. The average molecular weight is 286 g/mol. The van der Waals surface area contributed by atoms with Gasteiger partial charge in [0.25, 0.3) is 11.5 Å². The molecule has 0 aliphatic carbocycles. The van der Waals surface area contributed by atoms with Gasteiger partial charge in [0.2, 0.25) is 0 Å². The van der Waals surface area contributed by atoms with Crippen LogP contribution in [0.2, 0.25) is 0 Å². The Morgan fingerprint density at radius 3 is 2.81 bits per heavy atom.